The monoisotopic (exact) mass is 367 g/mol. The first-order valence-corrected chi connectivity index (χ1v) is 11.3. The Morgan fingerprint density at radius 1 is 0.769 bits per heavy atom. The van der Waals surface area contributed by atoms with Crippen LogP contribution in [0.5, 0.6) is 0 Å². The molecule has 0 N–H and O–H groups in total. The van der Waals surface area contributed by atoms with Crippen LogP contribution in [0.4, 0.5) is 4.39 Å². The second kappa shape index (κ2) is 9.34. The van der Waals surface area contributed by atoms with Gasteiger partial charge in [0.15, 0.2) is 0 Å². The van der Waals surface area contributed by atoms with Crippen LogP contribution in [-0.2, 0) is 0 Å². The van der Waals surface area contributed by atoms with Crippen LogP contribution in [0.2, 0.25) is 0 Å². The van der Waals surface area contributed by atoms with Crippen molar-refractivity contribution in [2.45, 2.75) is 78.1 Å². The maximum atomic E-state index is 15.0. The Morgan fingerprint density at radius 3 is 1.81 bits per heavy atom. The van der Waals surface area contributed by atoms with Gasteiger partial charge in [-0.1, -0.05) is 0 Å². The van der Waals surface area contributed by atoms with Gasteiger partial charge in [0.25, 0.3) is 0 Å². The predicted molar refractivity (Wildman–Crippen MR) is 108 cm³/mol. The van der Waals surface area contributed by atoms with Crippen LogP contribution in [0, 0.1) is 17.8 Å². The minimum Gasteiger partial charge on any atom is -0.301 e. The van der Waals surface area contributed by atoms with E-state index < -0.39 is 6.17 Å². The van der Waals surface area contributed by atoms with Crippen LogP contribution < -0.4 is 0 Å². The summed E-state index contributed by atoms with van der Waals surface area (Å²) < 4.78 is 15.0. The molecule has 0 spiro atoms. The molecule has 0 aromatic carbocycles. The van der Waals surface area contributed by atoms with E-state index in [4.69, 9.17) is 0 Å². The molecule has 0 radical (unpaired) electrons. The van der Waals surface area contributed by atoms with E-state index in [1.807, 2.05) is 0 Å². The number of piperidine rings is 3. The van der Waals surface area contributed by atoms with E-state index >= 15 is 0 Å². The second-order valence-corrected chi connectivity index (χ2v) is 9.77. The van der Waals surface area contributed by atoms with Crippen molar-refractivity contribution in [2.24, 2.45) is 17.8 Å². The van der Waals surface area contributed by atoms with E-state index in [2.05, 4.69) is 42.4 Å². The lowest BCUT2D eigenvalue weighted by Crippen LogP contribution is -2.49. The van der Waals surface area contributed by atoms with Crippen molar-refractivity contribution < 1.29 is 4.39 Å². The molecule has 3 nitrogen and oxygen atoms in total. The molecule has 3 saturated heterocycles. The molecule has 3 aliphatic rings. The Morgan fingerprint density at radius 2 is 1.31 bits per heavy atom. The van der Waals surface area contributed by atoms with Crippen LogP contribution in [0.3, 0.4) is 0 Å². The van der Waals surface area contributed by atoms with Crippen LogP contribution in [0.1, 0.15) is 59.8 Å². The van der Waals surface area contributed by atoms with E-state index in [1.54, 1.807) is 0 Å². The molecule has 0 aliphatic carbocycles. The fourth-order valence-corrected chi connectivity index (χ4v) is 5.56. The number of nitrogens with zero attached hydrogens (tertiary/aromatic N) is 3. The zero-order valence-electron chi connectivity index (χ0n) is 17.7. The molecule has 0 amide bonds. The molecule has 0 aromatic rings. The highest BCUT2D eigenvalue weighted by atomic mass is 19.1. The number of halogens is 1. The first kappa shape index (κ1) is 20.5. The van der Waals surface area contributed by atoms with Crippen molar-refractivity contribution in [2.75, 3.05) is 45.8 Å². The largest absolute Gasteiger partial charge is 0.301 e. The zero-order valence-corrected chi connectivity index (χ0v) is 17.7. The summed E-state index contributed by atoms with van der Waals surface area (Å²) >= 11 is 0. The topological polar surface area (TPSA) is 9.72 Å². The lowest BCUT2D eigenvalue weighted by molar-refractivity contribution is 0.0146. The Kier molecular flexibility index (Phi) is 7.38. The molecular formula is C22H42FN3. The van der Waals surface area contributed by atoms with Crippen molar-refractivity contribution in [1.29, 1.82) is 0 Å². The number of likely N-dealkylation sites (tertiary alicyclic amines) is 3. The van der Waals surface area contributed by atoms with Gasteiger partial charge >= 0.3 is 0 Å². The van der Waals surface area contributed by atoms with E-state index in [0.29, 0.717) is 30.5 Å². The summed E-state index contributed by atoms with van der Waals surface area (Å²) in [6, 6.07) is 1.31. The number of hydrogen-bond donors (Lipinski definition) is 0. The predicted octanol–water partition coefficient (Wildman–Crippen LogP) is 3.89. The first-order valence-electron chi connectivity index (χ1n) is 11.3. The summed E-state index contributed by atoms with van der Waals surface area (Å²) in [4.78, 5) is 7.59. The molecule has 0 aromatic heterocycles. The van der Waals surface area contributed by atoms with E-state index in [1.165, 1.54) is 51.9 Å². The normalized spacial score (nSPS) is 32.0. The van der Waals surface area contributed by atoms with Gasteiger partial charge in [0, 0.05) is 25.2 Å². The summed E-state index contributed by atoms with van der Waals surface area (Å²) in [5.74, 6) is 1.72. The van der Waals surface area contributed by atoms with Crippen LogP contribution >= 0.6 is 0 Å². The van der Waals surface area contributed by atoms with Gasteiger partial charge in [0.05, 0.1) is 0 Å². The van der Waals surface area contributed by atoms with Gasteiger partial charge in [0.2, 0.25) is 0 Å². The third-order valence-corrected chi connectivity index (χ3v) is 7.48. The summed E-state index contributed by atoms with van der Waals surface area (Å²) in [5, 5.41) is 0. The Balaban J connectivity index is 1.40. The molecule has 0 saturated carbocycles. The fraction of sp³-hybridized carbons (Fsp3) is 1.00. The summed E-state index contributed by atoms with van der Waals surface area (Å²) in [5.41, 5.74) is 0. The second-order valence-electron chi connectivity index (χ2n) is 9.77. The SMILES string of the molecule is CC(C)N1CCC(CN2CCC(C3CCN(C(C)C)CC3)C(F)C2)CC1. The molecule has 26 heavy (non-hydrogen) atoms. The first-order chi connectivity index (χ1) is 12.4. The molecule has 3 heterocycles. The molecule has 4 heteroatoms. The highest BCUT2D eigenvalue weighted by molar-refractivity contribution is 4.89. The van der Waals surface area contributed by atoms with Crippen LogP contribution in [-0.4, -0.2) is 78.8 Å². The average molecular weight is 368 g/mol. The fourth-order valence-electron chi connectivity index (χ4n) is 5.56. The quantitative estimate of drug-likeness (QED) is 0.730. The van der Waals surface area contributed by atoms with Crippen LogP contribution in [0.15, 0.2) is 0 Å². The van der Waals surface area contributed by atoms with E-state index in [0.717, 1.165) is 25.4 Å². The smallest absolute Gasteiger partial charge is 0.116 e. The summed E-state index contributed by atoms with van der Waals surface area (Å²) in [6.45, 7) is 16.9. The van der Waals surface area contributed by atoms with Crippen LogP contribution in [0.25, 0.3) is 0 Å². The van der Waals surface area contributed by atoms with Crippen molar-refractivity contribution >= 4 is 0 Å². The Hall–Kier alpha value is -0.190. The van der Waals surface area contributed by atoms with Crippen molar-refractivity contribution in [1.82, 2.24) is 14.7 Å². The molecule has 2 atom stereocenters. The standard InChI is InChI=1S/C22H42FN3/c1-17(2)25-11-5-19(6-12-25)15-24-10-9-21(22(23)16-24)20-7-13-26(14-8-20)18(3)4/h17-22H,5-16H2,1-4H3. The third-order valence-electron chi connectivity index (χ3n) is 7.48. The molecule has 0 bridgehead atoms. The van der Waals surface area contributed by atoms with Gasteiger partial charge < -0.3 is 14.7 Å². The maximum absolute atomic E-state index is 15.0. The maximum Gasteiger partial charge on any atom is 0.116 e. The highest BCUT2D eigenvalue weighted by Gasteiger charge is 2.37. The summed E-state index contributed by atoms with van der Waals surface area (Å²) in [7, 11) is 0. The zero-order chi connectivity index (χ0) is 18.7. The van der Waals surface area contributed by atoms with Gasteiger partial charge in [-0.05, 0) is 110 Å². The van der Waals surface area contributed by atoms with Crippen molar-refractivity contribution in [3.8, 4) is 0 Å². The number of alkyl halides is 1. The van der Waals surface area contributed by atoms with Crippen molar-refractivity contribution in [3.05, 3.63) is 0 Å². The molecule has 3 fully saturated rings. The van der Waals surface area contributed by atoms with E-state index in [9.17, 15) is 4.39 Å². The van der Waals surface area contributed by atoms with Crippen molar-refractivity contribution in [3.63, 3.8) is 0 Å². The third kappa shape index (κ3) is 5.20. The lowest BCUT2D eigenvalue weighted by Gasteiger charge is -2.44. The van der Waals surface area contributed by atoms with Gasteiger partial charge in [-0.2, -0.15) is 0 Å². The molecule has 2 unspecified atom stereocenters. The molecular weight excluding hydrogens is 325 g/mol. The molecule has 152 valence electrons. The molecule has 3 aliphatic heterocycles. The minimum atomic E-state index is -0.602. The minimum absolute atomic E-state index is 0.323. The Labute approximate surface area is 161 Å². The van der Waals surface area contributed by atoms with Gasteiger partial charge in [-0.3, -0.25) is 0 Å². The summed E-state index contributed by atoms with van der Waals surface area (Å²) in [6.07, 6.45) is 5.48. The van der Waals surface area contributed by atoms with Gasteiger partial charge in [-0.15, -0.1) is 0 Å². The Bertz CT molecular complexity index is 412. The van der Waals surface area contributed by atoms with Gasteiger partial charge in [0.1, 0.15) is 6.17 Å². The average Bonchev–Trinajstić information content (AvgIpc) is 2.62. The highest BCUT2D eigenvalue weighted by Crippen LogP contribution is 2.35. The molecule has 3 rings (SSSR count). The number of rotatable bonds is 5. The van der Waals surface area contributed by atoms with E-state index in [-0.39, 0.29) is 0 Å². The number of hydrogen-bond acceptors (Lipinski definition) is 3. The van der Waals surface area contributed by atoms with Gasteiger partial charge in [-0.25, -0.2) is 4.39 Å². The lowest BCUT2D eigenvalue weighted by atomic mass is 9.77.